The number of aromatic nitrogens is 2. The van der Waals surface area contributed by atoms with Crippen LogP contribution in [0.25, 0.3) is 16.9 Å². The van der Waals surface area contributed by atoms with Crippen molar-refractivity contribution in [2.45, 2.75) is 4.90 Å². The van der Waals surface area contributed by atoms with Crippen molar-refractivity contribution in [1.29, 1.82) is 0 Å². The Balaban J connectivity index is 2.05. The number of nitro benzene ring substituents is 1. The molecular weight excluding hydrogens is 376 g/mol. The van der Waals surface area contributed by atoms with Gasteiger partial charge in [0.1, 0.15) is 11.3 Å². The fourth-order valence-corrected chi connectivity index (χ4v) is 2.92. The highest BCUT2D eigenvalue weighted by Crippen LogP contribution is 2.26. The fourth-order valence-electron chi connectivity index (χ4n) is 2.41. The quantitative estimate of drug-likeness (QED) is 0.498. The molecule has 0 saturated heterocycles. The number of carboxylic acid groups (broad SMARTS) is 1. The molecule has 0 spiro atoms. The van der Waals surface area contributed by atoms with Gasteiger partial charge in [0.25, 0.3) is 5.69 Å². The molecule has 0 amide bonds. The maximum atomic E-state index is 11.5. The van der Waals surface area contributed by atoms with Crippen LogP contribution >= 0.6 is 0 Å². The number of rotatable bonds is 5. The van der Waals surface area contributed by atoms with E-state index in [9.17, 15) is 28.4 Å². The van der Waals surface area contributed by atoms with Crippen LogP contribution in [0.1, 0.15) is 10.4 Å². The summed E-state index contributed by atoms with van der Waals surface area (Å²) in [6.45, 7) is 0. The van der Waals surface area contributed by atoms with E-state index in [4.69, 9.17) is 5.14 Å². The van der Waals surface area contributed by atoms with E-state index in [-0.39, 0.29) is 21.8 Å². The summed E-state index contributed by atoms with van der Waals surface area (Å²) in [5, 5.41) is 29.4. The topological polar surface area (TPSA) is 158 Å². The second-order valence-corrected chi connectivity index (χ2v) is 7.05. The number of hydrogen-bond donors (Lipinski definition) is 2. The molecule has 0 atom stereocenters. The van der Waals surface area contributed by atoms with Crippen LogP contribution in [0.4, 0.5) is 5.69 Å². The number of carbonyl (C=O) groups is 1. The van der Waals surface area contributed by atoms with Crippen LogP contribution in [0.3, 0.4) is 0 Å². The summed E-state index contributed by atoms with van der Waals surface area (Å²) in [5.74, 6) is -1.23. The number of nitrogens with zero attached hydrogens (tertiary/aromatic N) is 3. The van der Waals surface area contributed by atoms with Crippen LogP contribution in [0.5, 0.6) is 0 Å². The molecule has 0 aliphatic heterocycles. The van der Waals surface area contributed by atoms with Crippen molar-refractivity contribution in [3.8, 4) is 16.9 Å². The first kappa shape index (κ1) is 18.2. The van der Waals surface area contributed by atoms with Crippen LogP contribution in [-0.2, 0) is 10.0 Å². The molecule has 3 aromatic rings. The second kappa shape index (κ2) is 6.63. The minimum atomic E-state index is -3.85. The summed E-state index contributed by atoms with van der Waals surface area (Å²) in [6, 6.07) is 10.7. The van der Waals surface area contributed by atoms with E-state index in [2.05, 4.69) is 5.10 Å². The first-order valence-electron chi connectivity index (χ1n) is 7.38. The molecule has 11 heteroatoms. The van der Waals surface area contributed by atoms with Crippen LogP contribution in [0.15, 0.2) is 59.6 Å². The first-order chi connectivity index (χ1) is 12.7. The first-order valence-corrected chi connectivity index (χ1v) is 8.92. The van der Waals surface area contributed by atoms with E-state index in [1.54, 1.807) is 0 Å². The van der Waals surface area contributed by atoms with Gasteiger partial charge in [-0.3, -0.25) is 10.1 Å². The molecular formula is C16H12N4O6S. The molecule has 0 saturated carbocycles. The Morgan fingerprint density at radius 1 is 1.11 bits per heavy atom. The molecule has 0 bridgehead atoms. The van der Waals surface area contributed by atoms with Crippen molar-refractivity contribution in [1.82, 2.24) is 9.78 Å². The maximum absolute atomic E-state index is 11.5. The molecule has 2 aromatic carbocycles. The molecule has 0 fully saturated rings. The minimum Gasteiger partial charge on any atom is -0.478 e. The van der Waals surface area contributed by atoms with Crippen molar-refractivity contribution < 1.29 is 23.2 Å². The van der Waals surface area contributed by atoms with Crippen molar-refractivity contribution in [2.24, 2.45) is 5.14 Å². The van der Waals surface area contributed by atoms with E-state index in [0.29, 0.717) is 11.3 Å². The predicted molar refractivity (Wildman–Crippen MR) is 94.0 cm³/mol. The highest BCUT2D eigenvalue weighted by atomic mass is 32.2. The lowest BCUT2D eigenvalue weighted by Crippen LogP contribution is -2.12. The molecule has 0 radical (unpaired) electrons. The number of nitro groups is 1. The van der Waals surface area contributed by atoms with Gasteiger partial charge >= 0.3 is 5.97 Å². The Morgan fingerprint density at radius 3 is 2.19 bits per heavy atom. The molecule has 0 aliphatic carbocycles. The van der Waals surface area contributed by atoms with Crippen LogP contribution in [0.2, 0.25) is 0 Å². The van der Waals surface area contributed by atoms with Gasteiger partial charge in [0, 0.05) is 23.9 Å². The molecule has 0 aliphatic rings. The molecule has 138 valence electrons. The molecule has 0 unspecified atom stereocenters. The number of benzene rings is 2. The Labute approximate surface area is 152 Å². The smallest absolute Gasteiger partial charge is 0.339 e. The lowest BCUT2D eigenvalue weighted by Gasteiger charge is -2.03. The predicted octanol–water partition coefficient (Wildman–Crippen LogP) is 1.79. The number of hydrogen-bond acceptors (Lipinski definition) is 6. The minimum absolute atomic E-state index is 0.0903. The standard InChI is InChI=1S/C16H12N4O6S/c17-27(25,26)13-7-5-11(6-8-13)19-9-14(16(21)22)15(18-19)10-1-3-12(4-2-10)20(23)24/h1-9H,(H,21,22)(H2,17,25,26). The van der Waals surface area contributed by atoms with E-state index >= 15 is 0 Å². The summed E-state index contributed by atoms with van der Waals surface area (Å²) in [5.41, 5.74) is 0.678. The largest absolute Gasteiger partial charge is 0.478 e. The van der Waals surface area contributed by atoms with Gasteiger partial charge in [0.05, 0.1) is 15.5 Å². The number of nitrogens with two attached hydrogens (primary N) is 1. The zero-order chi connectivity index (χ0) is 19.8. The zero-order valence-electron chi connectivity index (χ0n) is 13.5. The van der Waals surface area contributed by atoms with Gasteiger partial charge in [-0.05, 0) is 36.4 Å². The van der Waals surface area contributed by atoms with Crippen molar-refractivity contribution in [3.05, 3.63) is 70.4 Å². The average molecular weight is 388 g/mol. The summed E-state index contributed by atoms with van der Waals surface area (Å²) in [4.78, 5) is 21.6. The number of primary sulfonamides is 1. The fraction of sp³-hybridized carbons (Fsp3) is 0. The third-order valence-electron chi connectivity index (χ3n) is 3.73. The summed E-state index contributed by atoms with van der Waals surface area (Å²) in [6.07, 6.45) is 1.27. The van der Waals surface area contributed by atoms with E-state index in [1.807, 2.05) is 0 Å². The highest BCUT2D eigenvalue weighted by Gasteiger charge is 2.19. The number of sulfonamides is 1. The van der Waals surface area contributed by atoms with Gasteiger partial charge in [-0.2, -0.15) is 5.10 Å². The Morgan fingerprint density at radius 2 is 1.70 bits per heavy atom. The highest BCUT2D eigenvalue weighted by molar-refractivity contribution is 7.89. The Hall–Kier alpha value is -3.57. The normalized spacial score (nSPS) is 11.3. The van der Waals surface area contributed by atoms with Gasteiger partial charge in [-0.1, -0.05) is 0 Å². The third kappa shape index (κ3) is 3.68. The summed E-state index contributed by atoms with van der Waals surface area (Å²) < 4.78 is 23.9. The van der Waals surface area contributed by atoms with E-state index in [1.165, 1.54) is 59.4 Å². The van der Waals surface area contributed by atoms with Gasteiger partial charge in [-0.15, -0.1) is 0 Å². The van der Waals surface area contributed by atoms with E-state index < -0.39 is 20.9 Å². The van der Waals surface area contributed by atoms with Gasteiger partial charge < -0.3 is 5.11 Å². The van der Waals surface area contributed by atoms with Crippen LogP contribution in [-0.4, -0.2) is 34.2 Å². The molecule has 10 nitrogen and oxygen atoms in total. The Kier molecular flexibility index (Phi) is 4.47. The SMILES string of the molecule is NS(=O)(=O)c1ccc(-n2cc(C(=O)O)c(-c3ccc([N+](=O)[O-])cc3)n2)cc1. The van der Waals surface area contributed by atoms with E-state index in [0.717, 1.165) is 0 Å². The summed E-state index contributed by atoms with van der Waals surface area (Å²) >= 11 is 0. The molecule has 1 heterocycles. The lowest BCUT2D eigenvalue weighted by atomic mass is 10.1. The summed E-state index contributed by atoms with van der Waals surface area (Å²) in [7, 11) is -3.85. The Bertz CT molecular complexity index is 1130. The number of non-ortho nitro benzene ring substituents is 1. The second-order valence-electron chi connectivity index (χ2n) is 5.48. The van der Waals surface area contributed by atoms with Crippen LogP contribution in [0, 0.1) is 10.1 Å². The average Bonchev–Trinajstić information content (AvgIpc) is 3.07. The van der Waals surface area contributed by atoms with Crippen molar-refractivity contribution in [2.75, 3.05) is 0 Å². The molecule has 1 aromatic heterocycles. The van der Waals surface area contributed by atoms with Crippen molar-refractivity contribution in [3.63, 3.8) is 0 Å². The molecule has 3 rings (SSSR count). The number of aromatic carboxylic acids is 1. The third-order valence-corrected chi connectivity index (χ3v) is 4.66. The van der Waals surface area contributed by atoms with Gasteiger partial charge in [0.15, 0.2) is 0 Å². The number of carboxylic acids is 1. The molecule has 3 N–H and O–H groups in total. The lowest BCUT2D eigenvalue weighted by molar-refractivity contribution is -0.384. The zero-order valence-corrected chi connectivity index (χ0v) is 14.3. The maximum Gasteiger partial charge on any atom is 0.339 e. The van der Waals surface area contributed by atoms with Crippen molar-refractivity contribution >= 4 is 21.7 Å². The monoisotopic (exact) mass is 388 g/mol. The van der Waals surface area contributed by atoms with Gasteiger partial charge in [0.2, 0.25) is 10.0 Å². The van der Waals surface area contributed by atoms with Crippen LogP contribution < -0.4 is 5.14 Å². The molecule has 27 heavy (non-hydrogen) atoms. The van der Waals surface area contributed by atoms with Gasteiger partial charge in [-0.25, -0.2) is 23.0 Å².